The molecule has 0 saturated carbocycles. The predicted octanol–water partition coefficient (Wildman–Crippen LogP) is 5.61. The number of hydrogen-bond acceptors (Lipinski definition) is 3. The molecule has 0 amide bonds. The van der Waals surface area contributed by atoms with Crippen LogP contribution in [-0.4, -0.2) is 12.6 Å². The van der Waals surface area contributed by atoms with Crippen molar-refractivity contribution in [1.82, 2.24) is 5.32 Å². The maximum absolute atomic E-state index is 5.80. The van der Waals surface area contributed by atoms with E-state index in [0.29, 0.717) is 12.0 Å². The van der Waals surface area contributed by atoms with E-state index in [9.17, 15) is 0 Å². The maximum atomic E-state index is 5.80. The van der Waals surface area contributed by atoms with Gasteiger partial charge in [0.1, 0.15) is 0 Å². The van der Waals surface area contributed by atoms with Crippen molar-refractivity contribution in [3.8, 4) is 0 Å². The number of anilines is 1. The lowest BCUT2D eigenvalue weighted by atomic mass is 9.91. The minimum absolute atomic E-state index is 0.616. The molecular formula is C21H32N2S. The van der Waals surface area contributed by atoms with E-state index >= 15 is 0 Å². The summed E-state index contributed by atoms with van der Waals surface area (Å²) in [6, 6.07) is 13.4. The highest BCUT2D eigenvalue weighted by Crippen LogP contribution is 2.25. The molecule has 24 heavy (non-hydrogen) atoms. The van der Waals surface area contributed by atoms with Gasteiger partial charge in [-0.2, -0.15) is 0 Å². The second-order valence-corrected chi connectivity index (χ2v) is 7.67. The van der Waals surface area contributed by atoms with Crippen molar-refractivity contribution >= 4 is 17.0 Å². The van der Waals surface area contributed by atoms with Gasteiger partial charge in [0.05, 0.1) is 0 Å². The van der Waals surface area contributed by atoms with Crippen molar-refractivity contribution in [3.05, 3.63) is 52.2 Å². The van der Waals surface area contributed by atoms with Crippen molar-refractivity contribution in [2.75, 3.05) is 12.3 Å². The van der Waals surface area contributed by atoms with Gasteiger partial charge in [-0.25, -0.2) is 0 Å². The normalized spacial score (nSPS) is 13.8. The Hall–Kier alpha value is -1.32. The van der Waals surface area contributed by atoms with E-state index in [2.05, 4.69) is 48.8 Å². The van der Waals surface area contributed by atoms with Crippen LogP contribution < -0.4 is 11.1 Å². The number of benzene rings is 1. The van der Waals surface area contributed by atoms with Gasteiger partial charge >= 0.3 is 0 Å². The average molecular weight is 345 g/mol. The number of hydrogen-bond donors (Lipinski definition) is 2. The van der Waals surface area contributed by atoms with Gasteiger partial charge in [-0.3, -0.25) is 0 Å². The molecule has 0 spiro atoms. The van der Waals surface area contributed by atoms with Crippen molar-refractivity contribution < 1.29 is 0 Å². The Bertz CT molecular complexity index is 548. The molecular weight excluding hydrogens is 312 g/mol. The van der Waals surface area contributed by atoms with Crippen LogP contribution in [-0.2, 0) is 6.42 Å². The monoisotopic (exact) mass is 344 g/mol. The fourth-order valence-corrected chi connectivity index (χ4v) is 4.11. The second-order valence-electron chi connectivity index (χ2n) is 6.64. The van der Waals surface area contributed by atoms with E-state index in [0.717, 1.165) is 12.2 Å². The first-order valence-electron chi connectivity index (χ1n) is 9.34. The lowest BCUT2D eigenvalue weighted by Crippen LogP contribution is -2.31. The highest BCUT2D eigenvalue weighted by Gasteiger charge is 2.11. The van der Waals surface area contributed by atoms with Gasteiger partial charge in [-0.1, -0.05) is 38.5 Å². The van der Waals surface area contributed by atoms with Crippen LogP contribution in [0.15, 0.2) is 41.8 Å². The smallest absolute Gasteiger partial charge is 0.0314 e. The van der Waals surface area contributed by atoms with E-state index in [1.165, 1.54) is 49.0 Å². The third kappa shape index (κ3) is 6.29. The summed E-state index contributed by atoms with van der Waals surface area (Å²) in [4.78, 5) is 1.49. The zero-order chi connectivity index (χ0) is 17.2. The summed E-state index contributed by atoms with van der Waals surface area (Å²) >= 11 is 1.87. The molecule has 0 aliphatic rings. The van der Waals surface area contributed by atoms with Crippen LogP contribution in [0.1, 0.15) is 62.3 Å². The highest BCUT2D eigenvalue weighted by atomic mass is 32.1. The molecule has 132 valence electrons. The van der Waals surface area contributed by atoms with Crippen LogP contribution in [0.4, 0.5) is 5.69 Å². The fraction of sp³-hybridized carbons (Fsp3) is 0.524. The topological polar surface area (TPSA) is 38.0 Å². The summed E-state index contributed by atoms with van der Waals surface area (Å²) in [7, 11) is 0. The summed E-state index contributed by atoms with van der Waals surface area (Å²) in [6.07, 6.45) is 7.33. The SMILES string of the molecule is CCCC(Cc1cccs1)NCCCC(CC)c1ccc(N)cc1. The average Bonchev–Trinajstić information content (AvgIpc) is 3.09. The summed E-state index contributed by atoms with van der Waals surface area (Å²) in [5, 5.41) is 5.96. The molecule has 0 radical (unpaired) electrons. The third-order valence-corrected chi connectivity index (χ3v) is 5.63. The van der Waals surface area contributed by atoms with Gasteiger partial charge in [-0.05, 0) is 73.7 Å². The molecule has 1 aromatic carbocycles. The van der Waals surface area contributed by atoms with Crippen LogP contribution in [0, 0.1) is 0 Å². The molecule has 2 rings (SSSR count). The molecule has 3 heteroatoms. The molecule has 2 aromatic rings. The first-order valence-corrected chi connectivity index (χ1v) is 10.2. The van der Waals surface area contributed by atoms with Crippen LogP contribution in [0.5, 0.6) is 0 Å². The Morgan fingerprint density at radius 2 is 1.88 bits per heavy atom. The third-order valence-electron chi connectivity index (χ3n) is 4.73. The number of nitrogens with one attached hydrogen (secondary N) is 1. The Morgan fingerprint density at radius 3 is 2.50 bits per heavy atom. The Balaban J connectivity index is 1.75. The Morgan fingerprint density at radius 1 is 1.08 bits per heavy atom. The van der Waals surface area contributed by atoms with Crippen molar-refractivity contribution in [2.24, 2.45) is 0 Å². The van der Waals surface area contributed by atoms with E-state index in [1.54, 1.807) is 0 Å². The minimum Gasteiger partial charge on any atom is -0.399 e. The zero-order valence-corrected chi connectivity index (χ0v) is 15.9. The summed E-state index contributed by atoms with van der Waals surface area (Å²) in [5.41, 5.74) is 8.08. The minimum atomic E-state index is 0.616. The van der Waals surface area contributed by atoms with Gasteiger partial charge < -0.3 is 11.1 Å². The molecule has 1 aromatic heterocycles. The molecule has 2 unspecified atom stereocenters. The van der Waals surface area contributed by atoms with Crippen LogP contribution >= 0.6 is 11.3 Å². The quantitative estimate of drug-likeness (QED) is 0.411. The lowest BCUT2D eigenvalue weighted by Gasteiger charge is -2.19. The standard InChI is InChI=1S/C21H32N2S/c1-3-7-20(16-21-9-6-15-24-21)23-14-5-8-17(4-2)18-10-12-19(22)13-11-18/h6,9-13,15,17,20,23H,3-5,7-8,14,16,22H2,1-2H3. The van der Waals surface area contributed by atoms with Crippen LogP contribution in [0.2, 0.25) is 0 Å². The van der Waals surface area contributed by atoms with E-state index in [1.807, 2.05) is 23.5 Å². The molecule has 0 aliphatic carbocycles. The predicted molar refractivity (Wildman–Crippen MR) is 108 cm³/mol. The van der Waals surface area contributed by atoms with E-state index < -0.39 is 0 Å². The second kappa shape index (κ2) is 10.5. The highest BCUT2D eigenvalue weighted by molar-refractivity contribution is 7.09. The Kier molecular flexibility index (Phi) is 8.34. The number of rotatable bonds is 11. The summed E-state index contributed by atoms with van der Waals surface area (Å²) in [5.74, 6) is 0.648. The largest absolute Gasteiger partial charge is 0.399 e. The van der Waals surface area contributed by atoms with Gasteiger partial charge in [0, 0.05) is 16.6 Å². The van der Waals surface area contributed by atoms with Gasteiger partial charge in [0.25, 0.3) is 0 Å². The zero-order valence-electron chi connectivity index (χ0n) is 15.1. The molecule has 2 atom stereocenters. The Labute approximate surface area is 151 Å². The van der Waals surface area contributed by atoms with E-state index in [-0.39, 0.29) is 0 Å². The van der Waals surface area contributed by atoms with Crippen LogP contribution in [0.3, 0.4) is 0 Å². The maximum Gasteiger partial charge on any atom is 0.0314 e. The molecule has 0 aliphatic heterocycles. The molecule has 0 saturated heterocycles. The fourth-order valence-electron chi connectivity index (χ4n) is 3.33. The number of nitrogens with two attached hydrogens (primary N) is 1. The molecule has 0 bridgehead atoms. The lowest BCUT2D eigenvalue weighted by molar-refractivity contribution is 0.453. The van der Waals surface area contributed by atoms with Crippen molar-refractivity contribution in [3.63, 3.8) is 0 Å². The molecule has 3 N–H and O–H groups in total. The van der Waals surface area contributed by atoms with Crippen molar-refractivity contribution in [1.29, 1.82) is 0 Å². The molecule has 1 heterocycles. The van der Waals surface area contributed by atoms with Gasteiger partial charge in [0.2, 0.25) is 0 Å². The van der Waals surface area contributed by atoms with Crippen molar-refractivity contribution in [2.45, 2.75) is 64.3 Å². The van der Waals surface area contributed by atoms with Gasteiger partial charge in [-0.15, -0.1) is 11.3 Å². The number of thiophene rings is 1. The summed E-state index contributed by atoms with van der Waals surface area (Å²) in [6.45, 7) is 5.67. The molecule has 0 fully saturated rings. The first kappa shape index (κ1) is 19.0. The number of nitrogen functional groups attached to an aromatic ring is 1. The van der Waals surface area contributed by atoms with Crippen LogP contribution in [0.25, 0.3) is 0 Å². The van der Waals surface area contributed by atoms with Gasteiger partial charge in [0.15, 0.2) is 0 Å². The summed E-state index contributed by atoms with van der Waals surface area (Å²) < 4.78 is 0. The first-order chi connectivity index (χ1) is 11.7. The molecule has 2 nitrogen and oxygen atoms in total. The van der Waals surface area contributed by atoms with E-state index in [4.69, 9.17) is 5.73 Å².